The van der Waals surface area contributed by atoms with Crippen molar-refractivity contribution in [3.05, 3.63) is 63.9 Å². The molecule has 1 atom stereocenters. The molecule has 1 aliphatic rings. The molecule has 34 heavy (non-hydrogen) atoms. The molecular weight excluding hydrogens is 499 g/mol. The molecule has 0 unspecified atom stereocenters. The van der Waals surface area contributed by atoms with E-state index < -0.39 is 6.04 Å². The fraction of sp³-hybridized carbons (Fsp3) is 0.481. The van der Waals surface area contributed by atoms with Crippen LogP contribution in [0, 0.1) is 5.82 Å². The van der Waals surface area contributed by atoms with Crippen molar-refractivity contribution >= 4 is 27.7 Å². The van der Waals surface area contributed by atoms with Crippen LogP contribution < -0.4 is 10.1 Å². The van der Waals surface area contributed by atoms with E-state index in [0.717, 1.165) is 41.3 Å². The highest BCUT2D eigenvalue weighted by molar-refractivity contribution is 9.10. The van der Waals surface area contributed by atoms with Crippen LogP contribution in [0.1, 0.15) is 69.9 Å². The number of carbonyl (C=O) groups is 2. The first kappa shape index (κ1) is 26.2. The van der Waals surface area contributed by atoms with Gasteiger partial charge in [0.15, 0.2) is 6.61 Å². The van der Waals surface area contributed by atoms with Crippen LogP contribution in [0.3, 0.4) is 0 Å². The Bertz CT molecular complexity index is 974. The van der Waals surface area contributed by atoms with Gasteiger partial charge in [0.05, 0.1) is 4.47 Å². The lowest BCUT2D eigenvalue weighted by Crippen LogP contribution is -2.52. The van der Waals surface area contributed by atoms with Gasteiger partial charge in [0.25, 0.3) is 5.91 Å². The second-order valence-corrected chi connectivity index (χ2v) is 10.0. The number of carbonyl (C=O) groups excluding carboxylic acids is 2. The van der Waals surface area contributed by atoms with Gasteiger partial charge in [-0.15, -0.1) is 0 Å². The van der Waals surface area contributed by atoms with Crippen molar-refractivity contribution < 1.29 is 18.7 Å². The molecular formula is C27H34BrFN2O3. The van der Waals surface area contributed by atoms with Crippen LogP contribution in [-0.4, -0.2) is 35.4 Å². The topological polar surface area (TPSA) is 58.6 Å². The summed E-state index contributed by atoms with van der Waals surface area (Å²) in [4.78, 5) is 28.0. The van der Waals surface area contributed by atoms with Gasteiger partial charge in [0.2, 0.25) is 5.91 Å². The van der Waals surface area contributed by atoms with Gasteiger partial charge in [-0.3, -0.25) is 9.59 Å². The molecule has 0 bridgehead atoms. The van der Waals surface area contributed by atoms with E-state index in [9.17, 15) is 14.0 Å². The number of hydrogen-bond donors (Lipinski definition) is 1. The van der Waals surface area contributed by atoms with E-state index in [4.69, 9.17) is 4.74 Å². The number of halogens is 2. The molecule has 5 nitrogen and oxygen atoms in total. The van der Waals surface area contributed by atoms with E-state index in [2.05, 4.69) is 35.1 Å². The lowest BCUT2D eigenvalue weighted by Gasteiger charge is -2.31. The Morgan fingerprint density at radius 1 is 1.15 bits per heavy atom. The van der Waals surface area contributed by atoms with E-state index in [1.54, 1.807) is 17.0 Å². The van der Waals surface area contributed by atoms with Crippen molar-refractivity contribution in [2.24, 2.45) is 0 Å². The first-order valence-electron chi connectivity index (χ1n) is 12.0. The summed E-state index contributed by atoms with van der Waals surface area (Å²) in [5.41, 5.74) is 1.92. The molecule has 1 N–H and O–H groups in total. The predicted molar refractivity (Wildman–Crippen MR) is 135 cm³/mol. The zero-order valence-electron chi connectivity index (χ0n) is 20.2. The van der Waals surface area contributed by atoms with Gasteiger partial charge >= 0.3 is 0 Å². The van der Waals surface area contributed by atoms with Crippen LogP contribution in [0.25, 0.3) is 0 Å². The van der Waals surface area contributed by atoms with Gasteiger partial charge in [-0.05, 0) is 76.5 Å². The van der Waals surface area contributed by atoms with Crippen molar-refractivity contribution in [3.63, 3.8) is 0 Å². The minimum atomic E-state index is -0.631. The van der Waals surface area contributed by atoms with Gasteiger partial charge in [-0.25, -0.2) is 4.39 Å². The Morgan fingerprint density at radius 2 is 1.82 bits per heavy atom. The van der Waals surface area contributed by atoms with Crippen molar-refractivity contribution in [1.82, 2.24) is 10.2 Å². The zero-order valence-corrected chi connectivity index (χ0v) is 21.7. The first-order valence-corrected chi connectivity index (χ1v) is 12.8. The van der Waals surface area contributed by atoms with Gasteiger partial charge in [-0.2, -0.15) is 0 Å². The maximum absolute atomic E-state index is 13.4. The van der Waals surface area contributed by atoms with E-state index in [0.29, 0.717) is 18.1 Å². The summed E-state index contributed by atoms with van der Waals surface area (Å²) in [5, 5.41) is 3.12. The van der Waals surface area contributed by atoms with Crippen LogP contribution in [0.4, 0.5) is 4.39 Å². The molecule has 2 aromatic carbocycles. The number of amides is 2. The van der Waals surface area contributed by atoms with Crippen molar-refractivity contribution in [3.8, 4) is 5.75 Å². The summed E-state index contributed by atoms with van der Waals surface area (Å²) in [6, 6.07) is 11.4. The van der Waals surface area contributed by atoms with E-state index in [1.807, 2.05) is 25.1 Å². The molecule has 2 aromatic rings. The van der Waals surface area contributed by atoms with Gasteiger partial charge < -0.3 is 15.0 Å². The summed E-state index contributed by atoms with van der Waals surface area (Å²) >= 11 is 3.53. The minimum absolute atomic E-state index is 0.146. The van der Waals surface area contributed by atoms with E-state index in [-0.39, 0.29) is 36.8 Å². The Kier molecular flexibility index (Phi) is 9.51. The van der Waals surface area contributed by atoms with Crippen molar-refractivity contribution in [1.29, 1.82) is 0 Å². The molecule has 3 rings (SSSR count). The number of nitrogens with one attached hydrogen (secondary N) is 1. The van der Waals surface area contributed by atoms with E-state index >= 15 is 0 Å². The second kappa shape index (κ2) is 12.3. The summed E-state index contributed by atoms with van der Waals surface area (Å²) in [6.45, 7) is 6.12. The van der Waals surface area contributed by atoms with E-state index in [1.165, 1.54) is 12.1 Å². The molecule has 0 aromatic heterocycles. The quantitative estimate of drug-likeness (QED) is 0.410. The highest BCUT2D eigenvalue weighted by Crippen LogP contribution is 2.29. The highest BCUT2D eigenvalue weighted by Gasteiger charge is 2.31. The molecule has 0 radical (unpaired) electrons. The lowest BCUT2D eigenvalue weighted by molar-refractivity contribution is -0.143. The van der Waals surface area contributed by atoms with Gasteiger partial charge in [0, 0.05) is 12.6 Å². The van der Waals surface area contributed by atoms with Crippen LogP contribution >= 0.6 is 15.9 Å². The number of rotatable bonds is 10. The van der Waals surface area contributed by atoms with Crippen LogP contribution in [0.15, 0.2) is 46.9 Å². The maximum Gasteiger partial charge on any atom is 0.261 e. The molecule has 1 fully saturated rings. The molecule has 7 heteroatoms. The fourth-order valence-corrected chi connectivity index (χ4v) is 4.80. The lowest BCUT2D eigenvalue weighted by atomic mass is 10.0. The second-order valence-electron chi connectivity index (χ2n) is 9.20. The zero-order chi connectivity index (χ0) is 24.7. The van der Waals surface area contributed by atoms with Crippen molar-refractivity contribution in [2.75, 3.05) is 6.61 Å². The summed E-state index contributed by atoms with van der Waals surface area (Å²) in [6.07, 6.45) is 4.63. The third-order valence-corrected chi connectivity index (χ3v) is 6.95. The Morgan fingerprint density at radius 3 is 2.41 bits per heavy atom. The number of hydrogen-bond acceptors (Lipinski definition) is 3. The molecule has 0 aliphatic heterocycles. The van der Waals surface area contributed by atoms with Gasteiger partial charge in [0.1, 0.15) is 17.6 Å². The summed E-state index contributed by atoms with van der Waals surface area (Å²) in [5.74, 6) is 0.167. The van der Waals surface area contributed by atoms with Gasteiger partial charge in [-0.1, -0.05) is 51.8 Å². The van der Waals surface area contributed by atoms with Crippen LogP contribution in [0.2, 0.25) is 0 Å². The molecule has 2 amide bonds. The first-order chi connectivity index (χ1) is 16.3. The highest BCUT2D eigenvalue weighted by atomic mass is 79.9. The standard InChI is InChI=1S/C27H34BrFN2O3/c1-4-24(27(33)30-22-7-5-6-8-22)31(16-19-9-12-21(29)13-10-19)26(32)17-34-25-14-11-20(18(2)3)15-23(25)28/h9-15,18,22,24H,4-8,16-17H2,1-3H3,(H,30,33)/t24-/m0/s1. The Balaban J connectivity index is 1.76. The van der Waals surface area contributed by atoms with Crippen LogP contribution in [0.5, 0.6) is 5.75 Å². The molecule has 1 saturated carbocycles. The molecule has 0 saturated heterocycles. The Labute approximate surface area is 210 Å². The molecule has 184 valence electrons. The molecule has 0 spiro atoms. The number of ether oxygens (including phenoxy) is 1. The fourth-order valence-electron chi connectivity index (χ4n) is 4.29. The monoisotopic (exact) mass is 532 g/mol. The minimum Gasteiger partial charge on any atom is -0.483 e. The maximum atomic E-state index is 13.4. The normalized spacial score (nSPS) is 14.8. The largest absolute Gasteiger partial charge is 0.483 e. The number of benzene rings is 2. The molecule has 0 heterocycles. The predicted octanol–water partition coefficient (Wildman–Crippen LogP) is 5.96. The molecule has 1 aliphatic carbocycles. The average molecular weight is 533 g/mol. The third-order valence-electron chi connectivity index (χ3n) is 6.33. The SMILES string of the molecule is CC[C@@H](C(=O)NC1CCCC1)N(Cc1ccc(F)cc1)C(=O)COc1ccc(C(C)C)cc1Br. The van der Waals surface area contributed by atoms with Crippen LogP contribution in [-0.2, 0) is 16.1 Å². The number of nitrogens with zero attached hydrogens (tertiary/aromatic N) is 1. The smallest absolute Gasteiger partial charge is 0.261 e. The third kappa shape index (κ3) is 7.05. The Hall–Kier alpha value is -2.41. The van der Waals surface area contributed by atoms with Crippen molar-refractivity contribution in [2.45, 2.75) is 77.4 Å². The summed E-state index contributed by atoms with van der Waals surface area (Å²) < 4.78 is 20.0. The average Bonchev–Trinajstić information content (AvgIpc) is 3.32. The summed E-state index contributed by atoms with van der Waals surface area (Å²) in [7, 11) is 0.